The minimum Gasteiger partial charge on any atom is -0.494 e. The van der Waals surface area contributed by atoms with Gasteiger partial charge < -0.3 is 19.8 Å². The molecule has 0 aliphatic carbocycles. The van der Waals surface area contributed by atoms with Crippen LogP contribution >= 0.6 is 0 Å². The van der Waals surface area contributed by atoms with Gasteiger partial charge in [-0.3, -0.25) is 9.59 Å². The summed E-state index contributed by atoms with van der Waals surface area (Å²) in [5.41, 5.74) is 1.01. The van der Waals surface area contributed by atoms with Gasteiger partial charge in [0.2, 0.25) is 5.91 Å². The number of nitrogens with zero attached hydrogens (tertiary/aromatic N) is 1. The Morgan fingerprint density at radius 3 is 2.86 bits per heavy atom. The average Bonchev–Trinajstić information content (AvgIpc) is 3.03. The third-order valence-electron chi connectivity index (χ3n) is 5.12. The summed E-state index contributed by atoms with van der Waals surface area (Å²) in [6.07, 6.45) is 8.51. The van der Waals surface area contributed by atoms with Crippen LogP contribution in [0, 0.1) is 0 Å². The summed E-state index contributed by atoms with van der Waals surface area (Å²) in [4.78, 5) is 24.6. The van der Waals surface area contributed by atoms with Gasteiger partial charge in [-0.15, -0.1) is 0 Å². The number of unbranched alkanes of at least 4 members (excludes halogenated alkanes) is 3. The fourth-order valence-electron chi connectivity index (χ4n) is 3.65. The molecule has 0 radical (unpaired) electrons. The molecule has 1 aromatic rings. The number of ether oxygens (including phenoxy) is 1. The number of amides is 1. The van der Waals surface area contributed by atoms with Gasteiger partial charge in [0.15, 0.2) is 0 Å². The molecule has 0 saturated carbocycles. The fourth-order valence-corrected chi connectivity index (χ4v) is 3.65. The van der Waals surface area contributed by atoms with Crippen molar-refractivity contribution in [1.82, 2.24) is 4.90 Å². The van der Waals surface area contributed by atoms with Crippen LogP contribution < -0.4 is 4.74 Å². The van der Waals surface area contributed by atoms with Crippen LogP contribution in [-0.4, -0.2) is 52.3 Å². The van der Waals surface area contributed by atoms with E-state index in [1.807, 2.05) is 42.2 Å². The maximum absolute atomic E-state index is 12.2. The second kappa shape index (κ2) is 12.3. The van der Waals surface area contributed by atoms with Crippen molar-refractivity contribution in [3.63, 3.8) is 0 Å². The van der Waals surface area contributed by atoms with E-state index < -0.39 is 12.1 Å². The zero-order chi connectivity index (χ0) is 21.1. The lowest BCUT2D eigenvalue weighted by Gasteiger charge is -2.22. The standard InChI is InChI=1S/C23H33NO5/c1-2-29-21-9-7-8-18(17-21)16-20(25)13-11-19-12-14-22(26)24(19)15-6-4-3-5-10-23(27)28/h7-9,11,13,17,19-20,25H,2-6,10,12,14-16H2,1H3,(H,27,28)/t19-,20?/m0/s1. The van der Waals surface area contributed by atoms with E-state index in [2.05, 4.69) is 0 Å². The SMILES string of the molecule is CCOc1cccc(CC(O)C=C[C@H]2CCC(=O)N2CCCCCCC(=O)O)c1. The molecule has 1 aliphatic heterocycles. The summed E-state index contributed by atoms with van der Waals surface area (Å²) in [5.74, 6) is 0.203. The van der Waals surface area contributed by atoms with Crippen LogP contribution in [0.3, 0.4) is 0 Å². The molecule has 2 rings (SSSR count). The van der Waals surface area contributed by atoms with Crippen LogP contribution in [0.25, 0.3) is 0 Å². The monoisotopic (exact) mass is 403 g/mol. The number of hydrogen-bond donors (Lipinski definition) is 2. The number of aliphatic carboxylic acids is 1. The van der Waals surface area contributed by atoms with Crippen LogP contribution in [0.15, 0.2) is 36.4 Å². The largest absolute Gasteiger partial charge is 0.494 e. The van der Waals surface area contributed by atoms with E-state index in [0.717, 1.165) is 37.0 Å². The normalized spacial score (nSPS) is 17.8. The first-order chi connectivity index (χ1) is 14.0. The zero-order valence-electron chi connectivity index (χ0n) is 17.3. The first-order valence-electron chi connectivity index (χ1n) is 10.6. The molecule has 2 N–H and O–H groups in total. The lowest BCUT2D eigenvalue weighted by molar-refractivity contribution is -0.137. The molecule has 1 amide bonds. The maximum Gasteiger partial charge on any atom is 0.303 e. The molecule has 6 heteroatoms. The Labute approximate surface area is 173 Å². The minimum absolute atomic E-state index is 0.0333. The third kappa shape index (κ3) is 8.28. The second-order valence-corrected chi connectivity index (χ2v) is 7.49. The van der Waals surface area contributed by atoms with Gasteiger partial charge in [-0.1, -0.05) is 37.1 Å². The van der Waals surface area contributed by atoms with Crippen LogP contribution in [0.1, 0.15) is 57.4 Å². The van der Waals surface area contributed by atoms with Gasteiger partial charge in [-0.25, -0.2) is 0 Å². The maximum atomic E-state index is 12.2. The Morgan fingerprint density at radius 2 is 2.10 bits per heavy atom. The number of carbonyl (C=O) groups is 2. The summed E-state index contributed by atoms with van der Waals surface area (Å²) in [7, 11) is 0. The summed E-state index contributed by atoms with van der Waals surface area (Å²) < 4.78 is 5.50. The number of carbonyl (C=O) groups excluding carboxylic acids is 1. The van der Waals surface area contributed by atoms with E-state index in [1.165, 1.54) is 0 Å². The van der Waals surface area contributed by atoms with Crippen LogP contribution in [0.2, 0.25) is 0 Å². The summed E-state index contributed by atoms with van der Waals surface area (Å²) in [5, 5.41) is 19.0. The average molecular weight is 404 g/mol. The molecule has 2 atom stereocenters. The molecule has 29 heavy (non-hydrogen) atoms. The highest BCUT2D eigenvalue weighted by Crippen LogP contribution is 2.21. The quantitative estimate of drug-likeness (QED) is 0.388. The predicted octanol–water partition coefficient (Wildman–Crippen LogP) is 3.57. The van der Waals surface area contributed by atoms with Gasteiger partial charge in [0.1, 0.15) is 5.75 Å². The number of carboxylic acids is 1. The fraction of sp³-hybridized carbons (Fsp3) is 0.565. The first kappa shape index (κ1) is 22.9. The lowest BCUT2D eigenvalue weighted by atomic mass is 10.1. The Kier molecular flexibility index (Phi) is 9.71. The molecule has 1 aliphatic rings. The highest BCUT2D eigenvalue weighted by atomic mass is 16.5. The van der Waals surface area contributed by atoms with Crippen molar-refractivity contribution in [2.45, 2.75) is 70.4 Å². The van der Waals surface area contributed by atoms with Crippen molar-refractivity contribution >= 4 is 11.9 Å². The van der Waals surface area contributed by atoms with Crippen molar-refractivity contribution in [2.24, 2.45) is 0 Å². The molecule has 0 aromatic heterocycles. The molecule has 0 bridgehead atoms. The molecule has 160 valence electrons. The number of likely N-dealkylation sites (tertiary alicyclic amines) is 1. The Hall–Kier alpha value is -2.34. The lowest BCUT2D eigenvalue weighted by Crippen LogP contribution is -2.32. The Morgan fingerprint density at radius 1 is 1.31 bits per heavy atom. The predicted molar refractivity (Wildman–Crippen MR) is 112 cm³/mol. The van der Waals surface area contributed by atoms with Gasteiger partial charge in [-0.05, 0) is 43.9 Å². The van der Waals surface area contributed by atoms with Crippen LogP contribution in [0.5, 0.6) is 5.75 Å². The zero-order valence-corrected chi connectivity index (χ0v) is 17.3. The number of benzene rings is 1. The molecule has 6 nitrogen and oxygen atoms in total. The van der Waals surface area contributed by atoms with E-state index in [9.17, 15) is 14.7 Å². The van der Waals surface area contributed by atoms with E-state index in [0.29, 0.717) is 32.4 Å². The van der Waals surface area contributed by atoms with Gasteiger partial charge in [0.05, 0.1) is 18.8 Å². The van der Waals surface area contributed by atoms with Crippen molar-refractivity contribution in [2.75, 3.05) is 13.2 Å². The molecule has 1 heterocycles. The van der Waals surface area contributed by atoms with E-state index >= 15 is 0 Å². The van der Waals surface area contributed by atoms with Crippen molar-refractivity contribution in [3.05, 3.63) is 42.0 Å². The minimum atomic E-state index is -0.756. The molecule has 1 unspecified atom stereocenters. The first-order valence-corrected chi connectivity index (χ1v) is 10.6. The van der Waals surface area contributed by atoms with E-state index in [1.54, 1.807) is 6.08 Å². The number of rotatable bonds is 13. The molecule has 1 aromatic carbocycles. The van der Waals surface area contributed by atoms with Crippen LogP contribution in [0.4, 0.5) is 0 Å². The Bertz CT molecular complexity index is 688. The second-order valence-electron chi connectivity index (χ2n) is 7.49. The summed E-state index contributed by atoms with van der Waals surface area (Å²) in [6, 6.07) is 7.76. The third-order valence-corrected chi connectivity index (χ3v) is 5.12. The summed E-state index contributed by atoms with van der Waals surface area (Å²) in [6.45, 7) is 3.24. The number of aliphatic hydroxyl groups excluding tert-OH is 1. The van der Waals surface area contributed by atoms with Crippen molar-refractivity contribution in [3.8, 4) is 5.75 Å². The van der Waals surface area contributed by atoms with Gasteiger partial charge >= 0.3 is 5.97 Å². The highest BCUT2D eigenvalue weighted by molar-refractivity contribution is 5.79. The van der Waals surface area contributed by atoms with Gasteiger partial charge in [0, 0.05) is 25.8 Å². The molecular weight excluding hydrogens is 370 g/mol. The van der Waals surface area contributed by atoms with Gasteiger partial charge in [-0.2, -0.15) is 0 Å². The Balaban J connectivity index is 1.79. The number of hydrogen-bond acceptors (Lipinski definition) is 4. The van der Waals surface area contributed by atoms with Crippen molar-refractivity contribution < 1.29 is 24.5 Å². The molecule has 0 spiro atoms. The molecule has 1 saturated heterocycles. The summed E-state index contributed by atoms with van der Waals surface area (Å²) >= 11 is 0. The number of aliphatic hydroxyl groups is 1. The van der Waals surface area contributed by atoms with E-state index in [4.69, 9.17) is 9.84 Å². The molecule has 1 fully saturated rings. The number of carboxylic acid groups (broad SMARTS) is 1. The van der Waals surface area contributed by atoms with Gasteiger partial charge in [0.25, 0.3) is 0 Å². The van der Waals surface area contributed by atoms with Crippen LogP contribution in [-0.2, 0) is 16.0 Å². The molecular formula is C23H33NO5. The topological polar surface area (TPSA) is 87.1 Å². The van der Waals surface area contributed by atoms with E-state index in [-0.39, 0.29) is 18.4 Å². The smallest absolute Gasteiger partial charge is 0.303 e. The highest BCUT2D eigenvalue weighted by Gasteiger charge is 2.28. The van der Waals surface area contributed by atoms with Crippen molar-refractivity contribution in [1.29, 1.82) is 0 Å².